The Bertz CT molecular complexity index is 795. The van der Waals surface area contributed by atoms with Crippen molar-refractivity contribution in [2.45, 2.75) is 6.92 Å². The molecule has 21 heavy (non-hydrogen) atoms. The molecular weight excluding hydrogens is 293 g/mol. The standard InChI is InChI=1S/C14H11ClFN5/c1-8-4-2-6-10(16)13(8)21-14(18-19-20-21)9-5-3-7-11(17)12(9)15/h2-7H,17H2,1H3. The number of halogens is 2. The summed E-state index contributed by atoms with van der Waals surface area (Å²) >= 11 is 6.20. The Hall–Kier alpha value is -2.47. The molecule has 0 bridgehead atoms. The number of hydrogen-bond donors (Lipinski definition) is 1. The van der Waals surface area contributed by atoms with Crippen LogP contribution in [-0.4, -0.2) is 20.2 Å². The van der Waals surface area contributed by atoms with E-state index < -0.39 is 5.82 Å². The summed E-state index contributed by atoms with van der Waals surface area (Å²) in [6.45, 7) is 1.78. The van der Waals surface area contributed by atoms with Crippen LogP contribution in [0.25, 0.3) is 17.1 Å². The van der Waals surface area contributed by atoms with Crippen LogP contribution < -0.4 is 5.73 Å². The number of anilines is 1. The van der Waals surface area contributed by atoms with Crippen molar-refractivity contribution in [2.75, 3.05) is 5.73 Å². The van der Waals surface area contributed by atoms with Gasteiger partial charge < -0.3 is 5.73 Å². The predicted molar refractivity (Wildman–Crippen MR) is 78.7 cm³/mol. The van der Waals surface area contributed by atoms with Gasteiger partial charge in [-0.05, 0) is 41.1 Å². The predicted octanol–water partition coefficient (Wildman–Crippen LogP) is 3.01. The van der Waals surface area contributed by atoms with Gasteiger partial charge in [-0.15, -0.1) is 5.10 Å². The summed E-state index contributed by atoms with van der Waals surface area (Å²) in [6, 6.07) is 9.92. The fraction of sp³-hybridized carbons (Fsp3) is 0.0714. The van der Waals surface area contributed by atoms with Crippen LogP contribution in [0.15, 0.2) is 36.4 Å². The largest absolute Gasteiger partial charge is 0.398 e. The number of nitrogens with zero attached hydrogens (tertiary/aromatic N) is 4. The van der Waals surface area contributed by atoms with Gasteiger partial charge in [-0.2, -0.15) is 4.68 Å². The number of nitrogen functional groups attached to an aromatic ring is 1. The topological polar surface area (TPSA) is 69.6 Å². The smallest absolute Gasteiger partial charge is 0.188 e. The molecule has 5 nitrogen and oxygen atoms in total. The molecule has 3 aromatic rings. The third-order valence-electron chi connectivity index (χ3n) is 3.14. The highest BCUT2D eigenvalue weighted by Crippen LogP contribution is 2.32. The van der Waals surface area contributed by atoms with Crippen LogP contribution in [0, 0.1) is 12.7 Å². The number of benzene rings is 2. The molecule has 0 aliphatic rings. The summed E-state index contributed by atoms with van der Waals surface area (Å²) in [7, 11) is 0. The molecule has 0 spiro atoms. The zero-order chi connectivity index (χ0) is 15.0. The Balaban J connectivity index is 2.25. The number of aryl methyl sites for hydroxylation is 1. The van der Waals surface area contributed by atoms with E-state index in [4.69, 9.17) is 17.3 Å². The van der Waals surface area contributed by atoms with Crippen molar-refractivity contribution in [1.29, 1.82) is 0 Å². The van der Waals surface area contributed by atoms with Gasteiger partial charge in [0.15, 0.2) is 5.82 Å². The zero-order valence-corrected chi connectivity index (χ0v) is 11.8. The number of hydrogen-bond acceptors (Lipinski definition) is 4. The van der Waals surface area contributed by atoms with Crippen LogP contribution in [0.4, 0.5) is 10.1 Å². The second-order valence-corrected chi connectivity index (χ2v) is 4.91. The third-order valence-corrected chi connectivity index (χ3v) is 3.56. The molecule has 0 saturated carbocycles. The highest BCUT2D eigenvalue weighted by atomic mass is 35.5. The summed E-state index contributed by atoms with van der Waals surface area (Å²) < 4.78 is 15.4. The van der Waals surface area contributed by atoms with E-state index in [0.717, 1.165) is 0 Å². The van der Waals surface area contributed by atoms with Gasteiger partial charge in [-0.25, -0.2) is 4.39 Å². The van der Waals surface area contributed by atoms with Crippen LogP contribution >= 0.6 is 11.6 Å². The SMILES string of the molecule is Cc1cccc(F)c1-n1nnnc1-c1cccc(N)c1Cl. The Morgan fingerprint density at radius 3 is 2.71 bits per heavy atom. The van der Waals surface area contributed by atoms with Crippen molar-refractivity contribution in [3.8, 4) is 17.1 Å². The van der Waals surface area contributed by atoms with Crippen LogP contribution in [-0.2, 0) is 0 Å². The Morgan fingerprint density at radius 1 is 1.19 bits per heavy atom. The summed E-state index contributed by atoms with van der Waals surface area (Å²) in [6.07, 6.45) is 0. The van der Waals surface area contributed by atoms with Gasteiger partial charge in [-0.1, -0.05) is 29.8 Å². The van der Waals surface area contributed by atoms with Crippen LogP contribution in [0.5, 0.6) is 0 Å². The Morgan fingerprint density at radius 2 is 1.95 bits per heavy atom. The van der Waals surface area contributed by atoms with Crippen molar-refractivity contribution >= 4 is 17.3 Å². The Labute approximate surface area is 125 Å². The summed E-state index contributed by atoms with van der Waals surface area (Å²) in [5.41, 5.74) is 7.75. The second-order valence-electron chi connectivity index (χ2n) is 4.53. The second kappa shape index (κ2) is 5.14. The van der Waals surface area contributed by atoms with Gasteiger partial charge in [0.1, 0.15) is 11.5 Å². The molecule has 3 rings (SSSR count). The Kier molecular flexibility index (Phi) is 3.31. The number of tetrazole rings is 1. The van der Waals surface area contributed by atoms with E-state index in [-0.39, 0.29) is 5.69 Å². The molecule has 1 aromatic heterocycles. The quantitative estimate of drug-likeness (QED) is 0.739. The molecule has 0 radical (unpaired) electrons. The van der Waals surface area contributed by atoms with E-state index in [1.807, 2.05) is 0 Å². The average molecular weight is 304 g/mol. The lowest BCUT2D eigenvalue weighted by Crippen LogP contribution is -2.05. The van der Waals surface area contributed by atoms with Gasteiger partial charge in [0.2, 0.25) is 0 Å². The van der Waals surface area contributed by atoms with Crippen molar-refractivity contribution in [1.82, 2.24) is 20.2 Å². The molecule has 7 heteroatoms. The van der Waals surface area contributed by atoms with Crippen molar-refractivity contribution < 1.29 is 4.39 Å². The van der Waals surface area contributed by atoms with Crippen molar-refractivity contribution in [3.05, 3.63) is 52.8 Å². The first-order valence-corrected chi connectivity index (χ1v) is 6.55. The van der Waals surface area contributed by atoms with Crippen LogP contribution in [0.2, 0.25) is 5.02 Å². The van der Waals surface area contributed by atoms with E-state index in [0.29, 0.717) is 27.7 Å². The van der Waals surface area contributed by atoms with Crippen molar-refractivity contribution in [2.24, 2.45) is 0 Å². The minimum absolute atomic E-state index is 0.288. The highest BCUT2D eigenvalue weighted by Gasteiger charge is 2.18. The highest BCUT2D eigenvalue weighted by molar-refractivity contribution is 6.35. The molecule has 0 aliphatic heterocycles. The minimum atomic E-state index is -0.413. The number of nitrogens with two attached hydrogens (primary N) is 1. The molecule has 2 N–H and O–H groups in total. The van der Waals surface area contributed by atoms with Gasteiger partial charge >= 0.3 is 0 Å². The van der Waals surface area contributed by atoms with E-state index in [1.165, 1.54) is 10.7 Å². The molecule has 2 aromatic carbocycles. The lowest BCUT2D eigenvalue weighted by atomic mass is 10.1. The molecule has 0 fully saturated rings. The lowest BCUT2D eigenvalue weighted by Gasteiger charge is -2.10. The minimum Gasteiger partial charge on any atom is -0.398 e. The summed E-state index contributed by atoms with van der Waals surface area (Å²) in [5, 5.41) is 11.8. The molecular formula is C14H11ClFN5. The summed E-state index contributed by atoms with van der Waals surface area (Å²) in [4.78, 5) is 0. The van der Waals surface area contributed by atoms with E-state index >= 15 is 0 Å². The molecule has 0 aliphatic carbocycles. The monoisotopic (exact) mass is 303 g/mol. The van der Waals surface area contributed by atoms with Gasteiger partial charge in [-0.3, -0.25) is 0 Å². The maximum absolute atomic E-state index is 14.1. The lowest BCUT2D eigenvalue weighted by molar-refractivity contribution is 0.606. The van der Waals surface area contributed by atoms with Crippen molar-refractivity contribution in [3.63, 3.8) is 0 Å². The number of para-hydroxylation sites is 1. The molecule has 106 valence electrons. The fourth-order valence-corrected chi connectivity index (χ4v) is 2.33. The molecule has 1 heterocycles. The van der Waals surface area contributed by atoms with E-state index in [2.05, 4.69) is 15.5 Å². The molecule has 0 atom stereocenters. The number of aromatic nitrogens is 4. The van der Waals surface area contributed by atoms with Crippen LogP contribution in [0.1, 0.15) is 5.56 Å². The first-order valence-electron chi connectivity index (χ1n) is 6.18. The van der Waals surface area contributed by atoms with Gasteiger partial charge in [0.25, 0.3) is 0 Å². The van der Waals surface area contributed by atoms with Crippen LogP contribution in [0.3, 0.4) is 0 Å². The number of rotatable bonds is 2. The van der Waals surface area contributed by atoms with Gasteiger partial charge in [0, 0.05) is 5.56 Å². The molecule has 0 unspecified atom stereocenters. The average Bonchev–Trinajstić information content (AvgIpc) is 2.91. The first-order chi connectivity index (χ1) is 10.1. The maximum Gasteiger partial charge on any atom is 0.188 e. The maximum atomic E-state index is 14.1. The zero-order valence-electron chi connectivity index (χ0n) is 11.1. The normalized spacial score (nSPS) is 10.8. The third kappa shape index (κ3) is 2.23. The molecule has 0 amide bonds. The van der Waals surface area contributed by atoms with E-state index in [9.17, 15) is 4.39 Å². The molecule has 0 saturated heterocycles. The fourth-order valence-electron chi connectivity index (χ4n) is 2.12. The first kappa shape index (κ1) is 13.5. The van der Waals surface area contributed by atoms with E-state index in [1.54, 1.807) is 37.3 Å². The summed E-state index contributed by atoms with van der Waals surface area (Å²) in [5.74, 6) is -0.0796. The van der Waals surface area contributed by atoms with Gasteiger partial charge in [0.05, 0.1) is 10.7 Å².